The fourth-order valence-corrected chi connectivity index (χ4v) is 3.22. The molecule has 2 aromatic heterocycles. The van der Waals surface area contributed by atoms with E-state index in [1.165, 1.54) is 12.1 Å². The molecular weight excluding hydrogens is 357 g/mol. The van der Waals surface area contributed by atoms with E-state index in [2.05, 4.69) is 20.2 Å². The van der Waals surface area contributed by atoms with Gasteiger partial charge in [-0.05, 0) is 36.4 Å². The van der Waals surface area contributed by atoms with Crippen LogP contribution in [0.3, 0.4) is 0 Å². The molecule has 0 atom stereocenters. The Labute approximate surface area is 162 Å². The van der Waals surface area contributed by atoms with Crippen molar-refractivity contribution >= 4 is 23.1 Å². The monoisotopic (exact) mass is 377 g/mol. The molecule has 0 spiro atoms. The van der Waals surface area contributed by atoms with E-state index in [9.17, 15) is 9.18 Å². The molecule has 1 saturated heterocycles. The highest BCUT2D eigenvalue weighted by Gasteiger charge is 2.23. The number of nitrogens with zero attached hydrogens (tertiary/aromatic N) is 4. The predicted octanol–water partition coefficient (Wildman–Crippen LogP) is 3.32. The van der Waals surface area contributed by atoms with Crippen LogP contribution in [0, 0.1) is 5.82 Å². The molecule has 3 aromatic rings. The number of amides is 1. The van der Waals surface area contributed by atoms with Crippen molar-refractivity contribution in [3.05, 3.63) is 78.5 Å². The van der Waals surface area contributed by atoms with Gasteiger partial charge >= 0.3 is 0 Å². The molecule has 1 aromatic carbocycles. The van der Waals surface area contributed by atoms with Crippen LogP contribution >= 0.6 is 0 Å². The highest BCUT2D eigenvalue weighted by molar-refractivity contribution is 5.95. The second-order valence-electron chi connectivity index (χ2n) is 6.56. The van der Waals surface area contributed by atoms with Crippen molar-refractivity contribution in [1.29, 1.82) is 0 Å². The number of carbonyl (C=O) groups is 1. The molecule has 28 heavy (non-hydrogen) atoms. The van der Waals surface area contributed by atoms with Gasteiger partial charge in [-0.2, -0.15) is 0 Å². The van der Waals surface area contributed by atoms with E-state index < -0.39 is 0 Å². The summed E-state index contributed by atoms with van der Waals surface area (Å²) in [5, 5.41) is 3.08. The summed E-state index contributed by atoms with van der Waals surface area (Å²) < 4.78 is 13.3. The van der Waals surface area contributed by atoms with E-state index in [1.807, 2.05) is 23.1 Å². The summed E-state index contributed by atoms with van der Waals surface area (Å²) in [6, 6.07) is 13.7. The number of rotatable bonds is 4. The SMILES string of the molecule is O=C(c1cncc(Nc2cccc(F)c2)c1)N1CCN(c2ccccn2)CC1. The molecule has 0 aliphatic carbocycles. The van der Waals surface area contributed by atoms with E-state index in [0.717, 1.165) is 18.9 Å². The lowest BCUT2D eigenvalue weighted by Gasteiger charge is -2.35. The summed E-state index contributed by atoms with van der Waals surface area (Å²) in [7, 11) is 0. The van der Waals surface area contributed by atoms with Crippen molar-refractivity contribution < 1.29 is 9.18 Å². The van der Waals surface area contributed by atoms with E-state index in [0.29, 0.717) is 30.0 Å². The molecule has 142 valence electrons. The number of anilines is 3. The van der Waals surface area contributed by atoms with Crippen LogP contribution in [-0.2, 0) is 0 Å². The molecule has 4 rings (SSSR count). The lowest BCUT2D eigenvalue weighted by Crippen LogP contribution is -2.49. The number of halogens is 1. The van der Waals surface area contributed by atoms with Gasteiger partial charge in [-0.15, -0.1) is 0 Å². The van der Waals surface area contributed by atoms with E-state index in [-0.39, 0.29) is 11.7 Å². The number of piperazine rings is 1. The van der Waals surface area contributed by atoms with Crippen LogP contribution in [0.1, 0.15) is 10.4 Å². The average Bonchev–Trinajstić information content (AvgIpc) is 2.74. The largest absolute Gasteiger partial charge is 0.354 e. The summed E-state index contributed by atoms with van der Waals surface area (Å²) in [5.41, 5.74) is 1.76. The number of pyridine rings is 2. The third kappa shape index (κ3) is 4.09. The number of carbonyl (C=O) groups excluding carboxylic acids is 1. The van der Waals surface area contributed by atoms with E-state index in [1.54, 1.807) is 36.8 Å². The Bertz CT molecular complexity index is 958. The van der Waals surface area contributed by atoms with Gasteiger partial charge in [0.05, 0.1) is 17.4 Å². The van der Waals surface area contributed by atoms with Crippen molar-refractivity contribution in [3.8, 4) is 0 Å². The van der Waals surface area contributed by atoms with Gasteiger partial charge in [-0.3, -0.25) is 9.78 Å². The van der Waals surface area contributed by atoms with Gasteiger partial charge in [-0.1, -0.05) is 12.1 Å². The molecule has 1 amide bonds. The Balaban J connectivity index is 1.41. The van der Waals surface area contributed by atoms with Gasteiger partial charge in [0, 0.05) is 44.3 Å². The fraction of sp³-hybridized carbons (Fsp3) is 0.190. The van der Waals surface area contributed by atoms with Gasteiger partial charge in [0.1, 0.15) is 11.6 Å². The summed E-state index contributed by atoms with van der Waals surface area (Å²) in [6.45, 7) is 2.71. The number of benzene rings is 1. The molecule has 7 heteroatoms. The summed E-state index contributed by atoms with van der Waals surface area (Å²) >= 11 is 0. The first-order valence-electron chi connectivity index (χ1n) is 9.12. The van der Waals surface area contributed by atoms with Crippen molar-refractivity contribution in [1.82, 2.24) is 14.9 Å². The topological polar surface area (TPSA) is 61.4 Å². The van der Waals surface area contributed by atoms with Crippen LogP contribution in [0.25, 0.3) is 0 Å². The van der Waals surface area contributed by atoms with Crippen LogP contribution in [0.5, 0.6) is 0 Å². The molecule has 0 bridgehead atoms. The zero-order valence-corrected chi connectivity index (χ0v) is 15.3. The van der Waals surface area contributed by atoms with Gasteiger partial charge in [0.15, 0.2) is 0 Å². The summed E-state index contributed by atoms with van der Waals surface area (Å²) in [5.74, 6) is 0.546. The van der Waals surface area contributed by atoms with Gasteiger partial charge < -0.3 is 15.1 Å². The maximum absolute atomic E-state index is 13.3. The summed E-state index contributed by atoms with van der Waals surface area (Å²) in [4.78, 5) is 25.4. The van der Waals surface area contributed by atoms with Crippen molar-refractivity contribution in [2.75, 3.05) is 36.4 Å². The van der Waals surface area contributed by atoms with Crippen molar-refractivity contribution in [3.63, 3.8) is 0 Å². The predicted molar refractivity (Wildman–Crippen MR) is 106 cm³/mol. The zero-order chi connectivity index (χ0) is 19.3. The highest BCUT2D eigenvalue weighted by Crippen LogP contribution is 2.19. The van der Waals surface area contributed by atoms with Crippen LogP contribution in [-0.4, -0.2) is 47.0 Å². The summed E-state index contributed by atoms with van der Waals surface area (Å²) in [6.07, 6.45) is 4.94. The first-order valence-corrected chi connectivity index (χ1v) is 9.12. The Morgan fingerprint density at radius 1 is 0.964 bits per heavy atom. The molecule has 3 heterocycles. The van der Waals surface area contributed by atoms with Crippen LogP contribution in [0.2, 0.25) is 0 Å². The minimum Gasteiger partial charge on any atom is -0.354 e. The minimum atomic E-state index is -0.323. The fourth-order valence-electron chi connectivity index (χ4n) is 3.22. The lowest BCUT2D eigenvalue weighted by atomic mass is 10.2. The average molecular weight is 377 g/mol. The zero-order valence-electron chi connectivity index (χ0n) is 15.3. The lowest BCUT2D eigenvalue weighted by molar-refractivity contribution is 0.0746. The van der Waals surface area contributed by atoms with E-state index >= 15 is 0 Å². The molecular formula is C21H20FN5O. The maximum atomic E-state index is 13.3. The molecule has 0 saturated carbocycles. The Morgan fingerprint density at radius 2 is 1.82 bits per heavy atom. The molecule has 1 aliphatic rings. The minimum absolute atomic E-state index is 0.0592. The molecule has 1 fully saturated rings. The number of nitrogens with one attached hydrogen (secondary N) is 1. The molecule has 1 N–H and O–H groups in total. The standard InChI is InChI=1S/C21H20FN5O/c22-17-4-3-5-18(13-17)25-19-12-16(14-23-15-19)21(28)27-10-8-26(9-11-27)20-6-1-2-7-24-20/h1-7,12-15,25H,8-11H2. The third-order valence-corrected chi connectivity index (χ3v) is 4.64. The Kier molecular flexibility index (Phi) is 5.14. The van der Waals surface area contributed by atoms with Gasteiger partial charge in [-0.25, -0.2) is 9.37 Å². The highest BCUT2D eigenvalue weighted by atomic mass is 19.1. The van der Waals surface area contributed by atoms with Crippen LogP contribution in [0.4, 0.5) is 21.6 Å². The maximum Gasteiger partial charge on any atom is 0.255 e. The molecule has 0 radical (unpaired) electrons. The second kappa shape index (κ2) is 8.04. The first-order chi connectivity index (χ1) is 13.7. The van der Waals surface area contributed by atoms with Crippen molar-refractivity contribution in [2.24, 2.45) is 0 Å². The smallest absolute Gasteiger partial charge is 0.255 e. The number of hydrogen-bond acceptors (Lipinski definition) is 5. The van der Waals surface area contributed by atoms with Gasteiger partial charge in [0.2, 0.25) is 0 Å². The van der Waals surface area contributed by atoms with Crippen LogP contribution < -0.4 is 10.2 Å². The number of hydrogen-bond donors (Lipinski definition) is 1. The Morgan fingerprint density at radius 3 is 2.57 bits per heavy atom. The first kappa shape index (κ1) is 17.9. The molecule has 0 unspecified atom stereocenters. The quantitative estimate of drug-likeness (QED) is 0.756. The second-order valence-corrected chi connectivity index (χ2v) is 6.56. The van der Waals surface area contributed by atoms with Crippen molar-refractivity contribution in [2.45, 2.75) is 0 Å². The molecule has 1 aliphatic heterocycles. The Hall–Kier alpha value is -3.48. The van der Waals surface area contributed by atoms with E-state index in [4.69, 9.17) is 0 Å². The number of aromatic nitrogens is 2. The third-order valence-electron chi connectivity index (χ3n) is 4.64. The van der Waals surface area contributed by atoms with Crippen LogP contribution in [0.15, 0.2) is 67.1 Å². The van der Waals surface area contributed by atoms with Gasteiger partial charge in [0.25, 0.3) is 5.91 Å². The normalized spacial score (nSPS) is 14.0. The molecule has 6 nitrogen and oxygen atoms in total.